The molecule has 0 saturated carbocycles. The van der Waals surface area contributed by atoms with Crippen molar-refractivity contribution in [1.29, 1.82) is 0 Å². The van der Waals surface area contributed by atoms with Gasteiger partial charge in [-0.2, -0.15) is 0 Å². The molecule has 3 heteroatoms. The van der Waals surface area contributed by atoms with Gasteiger partial charge in [0.05, 0.1) is 0 Å². The molecule has 0 radical (unpaired) electrons. The molecule has 2 aliphatic carbocycles. The van der Waals surface area contributed by atoms with Crippen molar-refractivity contribution >= 4 is 5.57 Å². The average molecular weight is 552 g/mol. The second-order valence-electron chi connectivity index (χ2n) is 10.5. The fraction of sp³-hybridized carbons (Fsp3) is 0.333. The number of fused-ring (bicyclic) bond motifs is 3. The van der Waals surface area contributed by atoms with Crippen molar-refractivity contribution < 1.29 is 49.5 Å². The Bertz CT molecular complexity index is 1240. The molecule has 0 amide bonds. The molecule has 0 aliphatic heterocycles. The SMILES string of the molecule is CC(C)(C)C#Cc1ccc2c(c1)[CH]([Zr+2])c1c-2ccc(C#CC(C)(C)C)c1C1=CC=CC1.[Cl-].[Cl-]. The van der Waals surface area contributed by atoms with E-state index in [0.717, 1.165) is 17.5 Å². The second-order valence-corrected chi connectivity index (χ2v) is 11.9. The van der Waals surface area contributed by atoms with E-state index in [1.807, 2.05) is 0 Å². The second kappa shape index (κ2) is 10.4. The Morgan fingerprint density at radius 2 is 1.48 bits per heavy atom. The van der Waals surface area contributed by atoms with Crippen molar-refractivity contribution in [3.05, 3.63) is 76.4 Å². The Morgan fingerprint density at radius 3 is 2.09 bits per heavy atom. The van der Waals surface area contributed by atoms with Gasteiger partial charge in [-0.25, -0.2) is 0 Å². The Labute approximate surface area is 227 Å². The molecule has 2 aromatic rings. The molecule has 0 heterocycles. The molecule has 167 valence electrons. The van der Waals surface area contributed by atoms with Crippen molar-refractivity contribution in [2.24, 2.45) is 10.8 Å². The summed E-state index contributed by atoms with van der Waals surface area (Å²) in [6, 6.07) is 11.3. The minimum Gasteiger partial charge on any atom is -1.00 e. The third kappa shape index (κ3) is 6.15. The van der Waals surface area contributed by atoms with E-state index in [4.69, 9.17) is 0 Å². The molecule has 0 N–H and O–H groups in total. The first-order chi connectivity index (χ1) is 14.5. The normalized spacial score (nSPS) is 15.6. The van der Waals surface area contributed by atoms with Crippen LogP contribution in [0.3, 0.4) is 0 Å². The van der Waals surface area contributed by atoms with Crippen LogP contribution in [0.4, 0.5) is 0 Å². The molecule has 0 aromatic heterocycles. The maximum Gasteiger partial charge on any atom is -1.00 e. The standard InChI is InChI=1S/C30H29.2ClH.Zr/c1-29(2,3)17-15-21-11-13-25-24(19-21)20-27-26(25)14-12-23(16-18-30(4,5)6)28(27)22-9-7-8-10-22;;;/h7-9,11-14,19-20H,10H2,1-6H3;2*1H;/q;;;+2/p-2. The fourth-order valence-corrected chi connectivity index (χ4v) is 5.36. The van der Waals surface area contributed by atoms with Crippen LogP contribution in [0.1, 0.15) is 79.4 Å². The molecule has 0 nitrogen and oxygen atoms in total. The number of benzene rings is 2. The van der Waals surface area contributed by atoms with Crippen molar-refractivity contribution in [1.82, 2.24) is 0 Å². The van der Waals surface area contributed by atoms with Gasteiger partial charge in [-0.05, 0) is 0 Å². The average Bonchev–Trinajstić information content (AvgIpc) is 3.31. The smallest absolute Gasteiger partial charge is 1.00 e. The maximum atomic E-state index is 3.52. The van der Waals surface area contributed by atoms with Gasteiger partial charge in [-0.1, -0.05) is 0 Å². The molecule has 4 rings (SSSR count). The molecular formula is C30H29Cl2Zr. The molecule has 33 heavy (non-hydrogen) atoms. The summed E-state index contributed by atoms with van der Waals surface area (Å²) < 4.78 is 0.418. The minimum absolute atomic E-state index is 0. The van der Waals surface area contributed by atoms with Crippen LogP contribution in [0.5, 0.6) is 0 Å². The van der Waals surface area contributed by atoms with E-state index in [1.165, 1.54) is 58.1 Å². The molecular weight excluding hydrogens is 522 g/mol. The molecule has 1 unspecified atom stereocenters. The Balaban J connectivity index is 0.00000193. The van der Waals surface area contributed by atoms with Gasteiger partial charge in [0, 0.05) is 0 Å². The van der Waals surface area contributed by atoms with Crippen molar-refractivity contribution in [2.75, 3.05) is 0 Å². The molecule has 0 fully saturated rings. The third-order valence-electron chi connectivity index (χ3n) is 5.43. The third-order valence-corrected chi connectivity index (χ3v) is 6.91. The number of allylic oxidation sites excluding steroid dienone is 4. The van der Waals surface area contributed by atoms with E-state index in [-0.39, 0.29) is 35.6 Å². The first-order valence-electron chi connectivity index (χ1n) is 11.0. The van der Waals surface area contributed by atoms with Crippen LogP contribution < -0.4 is 24.8 Å². The Morgan fingerprint density at radius 1 is 0.848 bits per heavy atom. The predicted octanol–water partition coefficient (Wildman–Crippen LogP) is 1.45. The van der Waals surface area contributed by atoms with Crippen molar-refractivity contribution in [3.63, 3.8) is 0 Å². The van der Waals surface area contributed by atoms with Gasteiger partial charge < -0.3 is 24.8 Å². The van der Waals surface area contributed by atoms with Crippen LogP contribution in [0, 0.1) is 34.5 Å². The molecule has 2 aromatic carbocycles. The molecule has 0 bridgehead atoms. The Hall–Kier alpha value is -1.50. The molecule has 1 atom stereocenters. The summed E-state index contributed by atoms with van der Waals surface area (Å²) in [5.74, 6) is 13.8. The summed E-state index contributed by atoms with van der Waals surface area (Å²) >= 11 is 1.51. The largest absolute Gasteiger partial charge is 1.00 e. The maximum absolute atomic E-state index is 3.52. The quantitative estimate of drug-likeness (QED) is 0.471. The molecule has 0 saturated heterocycles. The molecule has 2 aliphatic rings. The Kier molecular flexibility index (Phi) is 8.75. The van der Waals surface area contributed by atoms with Gasteiger partial charge in [0.25, 0.3) is 0 Å². The van der Waals surface area contributed by atoms with Crippen LogP contribution in [0.25, 0.3) is 16.7 Å². The van der Waals surface area contributed by atoms with Crippen LogP contribution in [0.15, 0.2) is 48.6 Å². The van der Waals surface area contributed by atoms with Crippen LogP contribution >= 0.6 is 0 Å². The molecule has 0 spiro atoms. The topological polar surface area (TPSA) is 0 Å². The van der Waals surface area contributed by atoms with E-state index in [2.05, 4.69) is 114 Å². The number of hydrogen-bond acceptors (Lipinski definition) is 0. The monoisotopic (exact) mass is 549 g/mol. The van der Waals surface area contributed by atoms with Gasteiger partial charge in [-0.15, -0.1) is 0 Å². The van der Waals surface area contributed by atoms with Gasteiger partial charge in [-0.3, -0.25) is 0 Å². The van der Waals surface area contributed by atoms with E-state index >= 15 is 0 Å². The summed E-state index contributed by atoms with van der Waals surface area (Å²) in [4.78, 5) is 0. The number of halogens is 2. The zero-order valence-corrected chi connectivity index (χ0v) is 24.1. The van der Waals surface area contributed by atoms with Crippen LogP contribution in [0.2, 0.25) is 0 Å². The predicted molar refractivity (Wildman–Crippen MR) is 128 cm³/mol. The zero-order valence-electron chi connectivity index (χ0n) is 20.2. The summed E-state index contributed by atoms with van der Waals surface area (Å²) in [5.41, 5.74) is 10.6. The number of hydrogen-bond donors (Lipinski definition) is 0. The van der Waals surface area contributed by atoms with Crippen molar-refractivity contribution in [2.45, 2.75) is 51.6 Å². The van der Waals surface area contributed by atoms with Gasteiger partial charge >= 0.3 is 204 Å². The van der Waals surface area contributed by atoms with E-state index in [1.54, 1.807) is 0 Å². The van der Waals surface area contributed by atoms with E-state index < -0.39 is 0 Å². The van der Waals surface area contributed by atoms with Crippen LogP contribution in [-0.4, -0.2) is 0 Å². The van der Waals surface area contributed by atoms with Gasteiger partial charge in [0.15, 0.2) is 0 Å². The number of rotatable bonds is 1. The first kappa shape index (κ1) is 27.7. The minimum atomic E-state index is -0.0144. The summed E-state index contributed by atoms with van der Waals surface area (Å²) in [6.45, 7) is 13.0. The summed E-state index contributed by atoms with van der Waals surface area (Å²) in [5, 5.41) is 0. The van der Waals surface area contributed by atoms with Crippen LogP contribution in [-0.2, 0) is 24.7 Å². The fourth-order valence-electron chi connectivity index (χ4n) is 4.03. The van der Waals surface area contributed by atoms with E-state index in [0.29, 0.717) is 3.63 Å². The summed E-state index contributed by atoms with van der Waals surface area (Å²) in [7, 11) is 0. The summed E-state index contributed by atoms with van der Waals surface area (Å²) in [6.07, 6.45) is 7.68. The van der Waals surface area contributed by atoms with Crippen molar-refractivity contribution in [3.8, 4) is 34.8 Å². The van der Waals surface area contributed by atoms with E-state index in [9.17, 15) is 0 Å². The van der Waals surface area contributed by atoms with Gasteiger partial charge in [0.2, 0.25) is 0 Å². The first-order valence-corrected chi connectivity index (χ1v) is 12.4. The zero-order chi connectivity index (χ0) is 22.4. The van der Waals surface area contributed by atoms with Gasteiger partial charge in [0.1, 0.15) is 0 Å².